The smallest absolute Gasteiger partial charge is 0.227 e. The molecule has 0 aromatic heterocycles. The minimum Gasteiger partial charge on any atom is -0.326 e. The van der Waals surface area contributed by atoms with E-state index in [1.807, 2.05) is 25.1 Å². The third-order valence-electron chi connectivity index (χ3n) is 3.15. The van der Waals surface area contributed by atoms with E-state index in [0.29, 0.717) is 0 Å². The van der Waals surface area contributed by atoms with E-state index in [1.54, 1.807) is 0 Å². The van der Waals surface area contributed by atoms with Gasteiger partial charge >= 0.3 is 0 Å². The number of anilines is 1. The molecule has 1 heterocycles. The molecule has 3 nitrogen and oxygen atoms in total. The van der Waals surface area contributed by atoms with Gasteiger partial charge in [0.2, 0.25) is 5.91 Å². The zero-order valence-electron chi connectivity index (χ0n) is 10.3. The zero-order valence-corrected chi connectivity index (χ0v) is 12.7. The van der Waals surface area contributed by atoms with Crippen LogP contribution in [0, 0.1) is 12.8 Å². The minimum absolute atomic E-state index is 0. The van der Waals surface area contributed by atoms with Gasteiger partial charge in [0.05, 0.1) is 0 Å². The van der Waals surface area contributed by atoms with Gasteiger partial charge in [-0.05, 0) is 50.6 Å². The number of halogens is 2. The molecule has 0 atom stereocenters. The fourth-order valence-corrected chi connectivity index (χ4v) is 2.38. The number of hydrogen-bond donors (Lipinski definition) is 2. The maximum atomic E-state index is 12.0. The molecule has 1 amide bonds. The normalized spacial score (nSPS) is 15.9. The van der Waals surface area contributed by atoms with Gasteiger partial charge in [0.25, 0.3) is 0 Å². The highest BCUT2D eigenvalue weighted by Crippen LogP contribution is 2.22. The van der Waals surface area contributed by atoms with Crippen LogP contribution in [0.3, 0.4) is 0 Å². The summed E-state index contributed by atoms with van der Waals surface area (Å²) < 4.78 is 1.03. The van der Waals surface area contributed by atoms with Crippen LogP contribution in [-0.2, 0) is 4.79 Å². The Labute approximate surface area is 122 Å². The quantitative estimate of drug-likeness (QED) is 0.873. The molecule has 5 heteroatoms. The van der Waals surface area contributed by atoms with Crippen molar-refractivity contribution in [1.29, 1.82) is 0 Å². The third-order valence-corrected chi connectivity index (χ3v) is 4.00. The summed E-state index contributed by atoms with van der Waals surface area (Å²) in [4.78, 5) is 12.0. The summed E-state index contributed by atoms with van der Waals surface area (Å²) in [6, 6.07) is 5.90. The lowest BCUT2D eigenvalue weighted by atomic mass is 9.97. The van der Waals surface area contributed by atoms with Gasteiger partial charge in [0.1, 0.15) is 0 Å². The van der Waals surface area contributed by atoms with Crippen molar-refractivity contribution in [1.82, 2.24) is 5.32 Å². The number of benzene rings is 1. The lowest BCUT2D eigenvalue weighted by Gasteiger charge is -2.21. The van der Waals surface area contributed by atoms with E-state index in [1.165, 1.54) is 5.56 Å². The molecule has 1 aromatic carbocycles. The van der Waals surface area contributed by atoms with Crippen LogP contribution in [0.1, 0.15) is 18.4 Å². The van der Waals surface area contributed by atoms with Crippen LogP contribution in [0.15, 0.2) is 22.7 Å². The molecule has 1 saturated heterocycles. The first kappa shape index (κ1) is 15.5. The highest BCUT2D eigenvalue weighted by Gasteiger charge is 2.20. The summed E-state index contributed by atoms with van der Waals surface area (Å²) in [5, 5.41) is 6.25. The second kappa shape index (κ2) is 7.12. The number of amides is 1. The lowest BCUT2D eigenvalue weighted by Crippen LogP contribution is -2.34. The molecular weight excluding hydrogens is 316 g/mol. The molecular formula is C13H18BrClN2O. The Morgan fingerprint density at radius 3 is 2.67 bits per heavy atom. The van der Waals surface area contributed by atoms with Crippen LogP contribution >= 0.6 is 28.3 Å². The minimum atomic E-state index is 0. The maximum absolute atomic E-state index is 12.0. The van der Waals surface area contributed by atoms with Gasteiger partial charge in [-0.15, -0.1) is 12.4 Å². The summed E-state index contributed by atoms with van der Waals surface area (Å²) in [5.74, 6) is 0.290. The Hall–Kier alpha value is -0.580. The average molecular weight is 334 g/mol. The molecule has 0 unspecified atom stereocenters. The molecule has 2 rings (SSSR count). The topological polar surface area (TPSA) is 41.1 Å². The molecule has 0 spiro atoms. The van der Waals surface area contributed by atoms with E-state index in [9.17, 15) is 4.79 Å². The fourth-order valence-electron chi connectivity index (χ4n) is 2.00. The number of hydrogen-bond acceptors (Lipinski definition) is 2. The van der Waals surface area contributed by atoms with Gasteiger partial charge in [-0.2, -0.15) is 0 Å². The highest BCUT2D eigenvalue weighted by molar-refractivity contribution is 9.10. The second-order valence-electron chi connectivity index (χ2n) is 4.48. The summed E-state index contributed by atoms with van der Waals surface area (Å²) in [7, 11) is 0. The Morgan fingerprint density at radius 2 is 2.06 bits per heavy atom. The SMILES string of the molecule is Cc1ccc(NC(=O)C2CCNCC2)cc1Br.Cl. The van der Waals surface area contributed by atoms with Crippen molar-refractivity contribution in [3.05, 3.63) is 28.2 Å². The molecule has 0 aliphatic carbocycles. The molecule has 0 bridgehead atoms. The fraction of sp³-hybridized carbons (Fsp3) is 0.462. The van der Waals surface area contributed by atoms with Gasteiger partial charge < -0.3 is 10.6 Å². The standard InChI is InChI=1S/C13H17BrN2O.ClH/c1-9-2-3-11(8-12(9)14)16-13(17)10-4-6-15-7-5-10;/h2-3,8,10,15H,4-7H2,1H3,(H,16,17);1H. The van der Waals surface area contributed by atoms with Crippen LogP contribution in [0.25, 0.3) is 0 Å². The number of aryl methyl sites for hydroxylation is 1. The van der Waals surface area contributed by atoms with Crippen molar-refractivity contribution in [2.45, 2.75) is 19.8 Å². The van der Waals surface area contributed by atoms with Crippen LogP contribution < -0.4 is 10.6 Å². The monoisotopic (exact) mass is 332 g/mol. The lowest BCUT2D eigenvalue weighted by molar-refractivity contribution is -0.120. The van der Waals surface area contributed by atoms with E-state index in [2.05, 4.69) is 26.6 Å². The zero-order chi connectivity index (χ0) is 12.3. The Bertz CT molecular complexity index is 419. The number of carbonyl (C=O) groups is 1. The summed E-state index contributed by atoms with van der Waals surface area (Å²) in [6.07, 6.45) is 1.86. The number of nitrogens with one attached hydrogen (secondary N) is 2. The van der Waals surface area contributed by atoms with Crippen molar-refractivity contribution < 1.29 is 4.79 Å². The van der Waals surface area contributed by atoms with Gasteiger partial charge in [-0.25, -0.2) is 0 Å². The molecule has 0 radical (unpaired) electrons. The van der Waals surface area contributed by atoms with Gasteiger partial charge in [-0.1, -0.05) is 22.0 Å². The molecule has 1 fully saturated rings. The van der Waals surface area contributed by atoms with E-state index >= 15 is 0 Å². The first-order valence-corrected chi connectivity index (χ1v) is 6.74. The summed E-state index contributed by atoms with van der Waals surface area (Å²) in [6.45, 7) is 3.91. The number of piperidine rings is 1. The Kier molecular flexibility index (Phi) is 6.12. The van der Waals surface area contributed by atoms with Crippen molar-refractivity contribution >= 4 is 39.9 Å². The summed E-state index contributed by atoms with van der Waals surface area (Å²) >= 11 is 3.47. The van der Waals surface area contributed by atoms with Gasteiger partial charge in [0, 0.05) is 16.1 Å². The second-order valence-corrected chi connectivity index (χ2v) is 5.33. The van der Waals surface area contributed by atoms with Crippen LogP contribution in [-0.4, -0.2) is 19.0 Å². The van der Waals surface area contributed by atoms with E-state index in [4.69, 9.17) is 0 Å². The molecule has 2 N–H and O–H groups in total. The van der Waals surface area contributed by atoms with Gasteiger partial charge in [0.15, 0.2) is 0 Å². The summed E-state index contributed by atoms with van der Waals surface area (Å²) in [5.41, 5.74) is 2.04. The Morgan fingerprint density at radius 1 is 1.39 bits per heavy atom. The van der Waals surface area contributed by atoms with Crippen molar-refractivity contribution in [3.63, 3.8) is 0 Å². The average Bonchev–Trinajstić information content (AvgIpc) is 2.35. The predicted molar refractivity (Wildman–Crippen MR) is 80.4 cm³/mol. The number of rotatable bonds is 2. The van der Waals surface area contributed by atoms with E-state index in [-0.39, 0.29) is 24.2 Å². The van der Waals surface area contributed by atoms with E-state index < -0.39 is 0 Å². The molecule has 18 heavy (non-hydrogen) atoms. The van der Waals surface area contributed by atoms with Gasteiger partial charge in [-0.3, -0.25) is 4.79 Å². The van der Waals surface area contributed by atoms with Crippen LogP contribution in [0.4, 0.5) is 5.69 Å². The molecule has 100 valence electrons. The largest absolute Gasteiger partial charge is 0.326 e. The molecule has 1 aliphatic heterocycles. The highest BCUT2D eigenvalue weighted by atomic mass is 79.9. The third kappa shape index (κ3) is 3.97. The molecule has 1 aromatic rings. The van der Waals surface area contributed by atoms with Crippen LogP contribution in [0.5, 0.6) is 0 Å². The number of carbonyl (C=O) groups excluding carboxylic acids is 1. The van der Waals surface area contributed by atoms with E-state index in [0.717, 1.165) is 36.1 Å². The first-order chi connectivity index (χ1) is 8.16. The van der Waals surface area contributed by atoms with Crippen molar-refractivity contribution in [2.75, 3.05) is 18.4 Å². The van der Waals surface area contributed by atoms with Crippen LogP contribution in [0.2, 0.25) is 0 Å². The van der Waals surface area contributed by atoms with Crippen molar-refractivity contribution in [3.8, 4) is 0 Å². The Balaban J connectivity index is 0.00000162. The predicted octanol–water partition coefficient (Wildman–Crippen LogP) is 3.12. The molecule has 1 aliphatic rings. The maximum Gasteiger partial charge on any atom is 0.227 e. The van der Waals surface area contributed by atoms with Crippen molar-refractivity contribution in [2.24, 2.45) is 5.92 Å². The molecule has 0 saturated carbocycles. The first-order valence-electron chi connectivity index (χ1n) is 5.94.